The minimum absolute atomic E-state index is 0. The summed E-state index contributed by atoms with van der Waals surface area (Å²) in [6, 6.07) is 0. The maximum Gasteiger partial charge on any atom is 0.248 e. The van der Waals surface area contributed by atoms with Crippen LogP contribution in [-0.4, -0.2) is 47.5 Å². The van der Waals surface area contributed by atoms with Gasteiger partial charge in [0.05, 0.1) is 0 Å². The number of halogens is 1. The van der Waals surface area contributed by atoms with Gasteiger partial charge in [-0.05, 0) is 39.8 Å². The lowest BCUT2D eigenvalue weighted by atomic mass is 9.96. The summed E-state index contributed by atoms with van der Waals surface area (Å²) in [5.41, 5.74) is 2.24. The minimum Gasteiger partial charge on any atom is -0.360 e. The number of nitrogens with zero attached hydrogens (tertiary/aromatic N) is 4. The molecule has 1 saturated heterocycles. The van der Waals surface area contributed by atoms with Crippen molar-refractivity contribution in [1.82, 2.24) is 24.7 Å². The van der Waals surface area contributed by atoms with Gasteiger partial charge in [0.1, 0.15) is 16.4 Å². The Morgan fingerprint density at radius 3 is 2.67 bits per heavy atom. The van der Waals surface area contributed by atoms with Gasteiger partial charge in [-0.15, -0.1) is 12.4 Å². The van der Waals surface area contributed by atoms with Crippen LogP contribution < -0.4 is 5.32 Å². The first-order chi connectivity index (χ1) is 12.5. The van der Waals surface area contributed by atoms with E-state index in [0.717, 1.165) is 43.0 Å². The predicted molar refractivity (Wildman–Crippen MR) is 101 cm³/mol. The first-order valence-corrected chi connectivity index (χ1v) is 10.4. The van der Waals surface area contributed by atoms with E-state index in [0.29, 0.717) is 30.3 Å². The molecule has 1 fully saturated rings. The van der Waals surface area contributed by atoms with Gasteiger partial charge in [0, 0.05) is 42.9 Å². The third-order valence-corrected chi connectivity index (χ3v) is 7.28. The largest absolute Gasteiger partial charge is 0.360 e. The molecule has 2 aliphatic heterocycles. The molecule has 0 amide bonds. The molecule has 0 unspecified atom stereocenters. The first kappa shape index (κ1) is 20.2. The molecule has 148 valence electrons. The van der Waals surface area contributed by atoms with Crippen LogP contribution in [0.2, 0.25) is 0 Å². The zero-order valence-electron chi connectivity index (χ0n) is 15.4. The molecular formula is C17H24ClN5O3S. The third kappa shape index (κ3) is 3.73. The van der Waals surface area contributed by atoms with E-state index >= 15 is 0 Å². The molecule has 8 nitrogen and oxygen atoms in total. The lowest BCUT2D eigenvalue weighted by Gasteiger charge is -2.28. The second-order valence-corrected chi connectivity index (χ2v) is 8.84. The lowest BCUT2D eigenvalue weighted by Crippen LogP contribution is -2.37. The second kappa shape index (κ2) is 7.83. The highest BCUT2D eigenvalue weighted by atomic mass is 35.5. The molecule has 2 aliphatic rings. The zero-order chi connectivity index (χ0) is 18.3. The SMILES string of the molecule is Cc1noc(C)c1S(=O)(=O)N1CCc2nc(C3CCNCC3)ncc2C1.Cl. The molecule has 0 aromatic carbocycles. The number of nitrogens with one attached hydrogen (secondary N) is 1. The van der Waals surface area contributed by atoms with E-state index in [1.54, 1.807) is 20.0 Å². The fourth-order valence-electron chi connectivity index (χ4n) is 3.76. The van der Waals surface area contributed by atoms with Gasteiger partial charge in [-0.2, -0.15) is 4.31 Å². The molecule has 0 saturated carbocycles. The first-order valence-electron chi connectivity index (χ1n) is 8.95. The molecule has 0 radical (unpaired) electrons. The summed E-state index contributed by atoms with van der Waals surface area (Å²) in [5.74, 6) is 1.61. The van der Waals surface area contributed by atoms with Gasteiger partial charge in [-0.25, -0.2) is 18.4 Å². The number of piperidine rings is 1. The fourth-order valence-corrected chi connectivity index (χ4v) is 5.47. The average molecular weight is 414 g/mol. The van der Waals surface area contributed by atoms with Gasteiger partial charge >= 0.3 is 0 Å². The number of aromatic nitrogens is 3. The van der Waals surface area contributed by atoms with E-state index in [9.17, 15) is 8.42 Å². The van der Waals surface area contributed by atoms with Crippen LogP contribution in [0.15, 0.2) is 15.6 Å². The molecule has 10 heteroatoms. The fraction of sp³-hybridized carbons (Fsp3) is 0.588. The highest BCUT2D eigenvalue weighted by molar-refractivity contribution is 7.89. The Labute approximate surface area is 165 Å². The molecule has 0 aliphatic carbocycles. The molecule has 0 spiro atoms. The smallest absolute Gasteiger partial charge is 0.248 e. The Hall–Kier alpha value is -1.55. The van der Waals surface area contributed by atoms with E-state index < -0.39 is 10.0 Å². The molecule has 0 bridgehead atoms. The molecule has 2 aromatic heterocycles. The minimum atomic E-state index is -3.64. The summed E-state index contributed by atoms with van der Waals surface area (Å²) in [7, 11) is -3.64. The van der Waals surface area contributed by atoms with Crippen LogP contribution >= 0.6 is 12.4 Å². The molecule has 1 N–H and O–H groups in total. The van der Waals surface area contributed by atoms with Crippen LogP contribution in [0.3, 0.4) is 0 Å². The van der Waals surface area contributed by atoms with Crippen LogP contribution in [0.25, 0.3) is 0 Å². The Morgan fingerprint density at radius 1 is 1.26 bits per heavy atom. The highest BCUT2D eigenvalue weighted by Crippen LogP contribution is 2.29. The Bertz CT molecular complexity index is 905. The summed E-state index contributed by atoms with van der Waals surface area (Å²) in [6.45, 7) is 5.95. The molecule has 0 atom stereocenters. The summed E-state index contributed by atoms with van der Waals surface area (Å²) in [4.78, 5) is 9.47. The molecule has 27 heavy (non-hydrogen) atoms. The maximum absolute atomic E-state index is 13.0. The average Bonchev–Trinajstić information content (AvgIpc) is 3.00. The van der Waals surface area contributed by atoms with Gasteiger partial charge in [-0.1, -0.05) is 5.16 Å². The predicted octanol–water partition coefficient (Wildman–Crippen LogP) is 1.72. The van der Waals surface area contributed by atoms with Gasteiger partial charge in [0.2, 0.25) is 10.0 Å². The monoisotopic (exact) mass is 413 g/mol. The standard InChI is InChI=1S/C17H23N5O3S.ClH/c1-11-16(12(2)25-21-11)26(23,24)22-8-5-15-14(10-22)9-19-17(20-15)13-3-6-18-7-4-13;/h9,13,18H,3-8,10H2,1-2H3;1H. The Kier molecular flexibility index (Phi) is 5.85. The molecule has 2 aromatic rings. The quantitative estimate of drug-likeness (QED) is 0.817. The lowest BCUT2D eigenvalue weighted by molar-refractivity contribution is 0.377. The maximum atomic E-state index is 13.0. The van der Waals surface area contributed by atoms with Crippen molar-refractivity contribution in [1.29, 1.82) is 0 Å². The van der Waals surface area contributed by atoms with Crippen molar-refractivity contribution in [3.05, 3.63) is 34.7 Å². The van der Waals surface area contributed by atoms with Crippen LogP contribution in [0.4, 0.5) is 0 Å². The van der Waals surface area contributed by atoms with Crippen LogP contribution in [0, 0.1) is 13.8 Å². The van der Waals surface area contributed by atoms with Gasteiger partial charge in [0.25, 0.3) is 0 Å². The second-order valence-electron chi connectivity index (χ2n) is 6.97. The number of rotatable bonds is 3. The van der Waals surface area contributed by atoms with Crippen LogP contribution in [-0.2, 0) is 23.0 Å². The van der Waals surface area contributed by atoms with Crippen LogP contribution in [0.1, 0.15) is 47.3 Å². The van der Waals surface area contributed by atoms with Crippen molar-refractivity contribution >= 4 is 22.4 Å². The van der Waals surface area contributed by atoms with Crippen molar-refractivity contribution < 1.29 is 12.9 Å². The summed E-state index contributed by atoms with van der Waals surface area (Å²) < 4.78 is 32.5. The normalized spacial score (nSPS) is 18.7. The third-order valence-electron chi connectivity index (χ3n) is 5.19. The van der Waals surface area contributed by atoms with E-state index in [-0.39, 0.29) is 23.8 Å². The van der Waals surface area contributed by atoms with Gasteiger partial charge in [-0.3, -0.25) is 0 Å². The summed E-state index contributed by atoms with van der Waals surface area (Å²) in [6.07, 6.45) is 4.49. The number of hydrogen-bond acceptors (Lipinski definition) is 7. The van der Waals surface area contributed by atoms with Gasteiger partial charge < -0.3 is 9.84 Å². The molecule has 4 heterocycles. The van der Waals surface area contributed by atoms with Crippen molar-refractivity contribution in [3.63, 3.8) is 0 Å². The zero-order valence-corrected chi connectivity index (χ0v) is 17.1. The van der Waals surface area contributed by atoms with E-state index in [1.165, 1.54) is 4.31 Å². The number of fused-ring (bicyclic) bond motifs is 1. The molecule has 4 rings (SSSR count). The topological polar surface area (TPSA) is 101 Å². The summed E-state index contributed by atoms with van der Waals surface area (Å²) >= 11 is 0. The van der Waals surface area contributed by atoms with Crippen molar-refractivity contribution in [2.75, 3.05) is 19.6 Å². The number of aryl methyl sites for hydroxylation is 2. The van der Waals surface area contributed by atoms with Crippen LogP contribution in [0.5, 0.6) is 0 Å². The van der Waals surface area contributed by atoms with Crippen molar-refractivity contribution in [2.45, 2.75) is 50.5 Å². The van der Waals surface area contributed by atoms with Crippen molar-refractivity contribution in [2.24, 2.45) is 0 Å². The Morgan fingerprint density at radius 2 is 2.00 bits per heavy atom. The molecular weight excluding hydrogens is 390 g/mol. The summed E-state index contributed by atoms with van der Waals surface area (Å²) in [5, 5.41) is 7.12. The van der Waals surface area contributed by atoms with Gasteiger partial charge in [0.15, 0.2) is 5.76 Å². The number of hydrogen-bond donors (Lipinski definition) is 1. The Balaban J connectivity index is 0.00000210. The van der Waals surface area contributed by atoms with E-state index in [1.807, 2.05) is 0 Å². The number of sulfonamides is 1. The highest BCUT2D eigenvalue weighted by Gasteiger charge is 2.34. The van der Waals surface area contributed by atoms with Crippen molar-refractivity contribution in [3.8, 4) is 0 Å². The van der Waals surface area contributed by atoms with E-state index in [2.05, 4.69) is 15.5 Å². The van der Waals surface area contributed by atoms with E-state index in [4.69, 9.17) is 9.51 Å².